The van der Waals surface area contributed by atoms with Crippen molar-refractivity contribution in [2.75, 3.05) is 0 Å². The summed E-state index contributed by atoms with van der Waals surface area (Å²) in [6, 6.07) is 31.4. The highest BCUT2D eigenvalue weighted by Gasteiger charge is 2.24. The normalized spacial score (nSPS) is 10.7. The molecule has 0 bridgehead atoms. The van der Waals surface area contributed by atoms with Crippen molar-refractivity contribution in [2.24, 2.45) is 0 Å². The number of benzene rings is 3. The fraction of sp³-hybridized carbons (Fsp3) is 0.0800. The maximum atomic E-state index is 6.37. The van der Waals surface area contributed by atoms with Crippen molar-refractivity contribution < 1.29 is 4.42 Å². The highest BCUT2D eigenvalue weighted by molar-refractivity contribution is 5.78. The second-order valence-electron chi connectivity index (χ2n) is 6.58. The molecule has 1 heterocycles. The van der Waals surface area contributed by atoms with Crippen LogP contribution in [0.1, 0.15) is 11.1 Å². The van der Waals surface area contributed by atoms with Crippen LogP contribution in [0.5, 0.6) is 0 Å². The summed E-state index contributed by atoms with van der Waals surface area (Å²) >= 11 is 0. The third-order valence-electron chi connectivity index (χ3n) is 4.69. The maximum absolute atomic E-state index is 6.37. The van der Waals surface area contributed by atoms with Crippen LogP contribution < -0.4 is 0 Å². The third kappa shape index (κ3) is 3.16. The van der Waals surface area contributed by atoms with Gasteiger partial charge in [0, 0.05) is 5.56 Å². The second kappa shape index (κ2) is 6.97. The lowest BCUT2D eigenvalue weighted by atomic mass is 9.96. The SMILES string of the molecule is Cc1ccc(-c2cc(-c3ccccc3)[o+]c(-c3ccccc3)c2C)cc1. The lowest BCUT2D eigenvalue weighted by Crippen LogP contribution is -1.91. The molecular formula is C25H21O+. The lowest BCUT2D eigenvalue weighted by molar-refractivity contribution is 0.578. The van der Waals surface area contributed by atoms with Crippen LogP contribution >= 0.6 is 0 Å². The highest BCUT2D eigenvalue weighted by atomic mass is 16.3. The van der Waals surface area contributed by atoms with Gasteiger partial charge in [-0.3, -0.25) is 0 Å². The fourth-order valence-corrected chi connectivity index (χ4v) is 3.22. The minimum absolute atomic E-state index is 0.880. The summed E-state index contributed by atoms with van der Waals surface area (Å²) in [6.45, 7) is 4.25. The van der Waals surface area contributed by atoms with Gasteiger partial charge < -0.3 is 0 Å². The van der Waals surface area contributed by atoms with Crippen molar-refractivity contribution in [1.82, 2.24) is 0 Å². The molecule has 0 saturated carbocycles. The Labute approximate surface area is 154 Å². The molecule has 0 N–H and O–H groups in total. The van der Waals surface area contributed by atoms with E-state index in [1.165, 1.54) is 16.7 Å². The van der Waals surface area contributed by atoms with Crippen LogP contribution in [0, 0.1) is 13.8 Å². The molecule has 0 amide bonds. The first-order chi connectivity index (χ1) is 12.7. The topological polar surface area (TPSA) is 11.3 Å². The van der Waals surface area contributed by atoms with Gasteiger partial charge in [0.25, 0.3) is 0 Å². The number of aryl methyl sites for hydroxylation is 1. The molecule has 0 atom stereocenters. The van der Waals surface area contributed by atoms with Crippen molar-refractivity contribution in [3.8, 4) is 33.8 Å². The quantitative estimate of drug-likeness (QED) is 0.360. The summed E-state index contributed by atoms with van der Waals surface area (Å²) < 4.78 is 6.37. The Balaban J connectivity index is 1.97. The molecule has 1 nitrogen and oxygen atoms in total. The van der Waals surface area contributed by atoms with E-state index in [1.54, 1.807) is 0 Å². The zero-order valence-corrected chi connectivity index (χ0v) is 15.1. The van der Waals surface area contributed by atoms with Crippen LogP contribution in [0.25, 0.3) is 33.8 Å². The van der Waals surface area contributed by atoms with E-state index >= 15 is 0 Å². The summed E-state index contributed by atoms with van der Waals surface area (Å²) in [5, 5.41) is 0. The van der Waals surface area contributed by atoms with Crippen molar-refractivity contribution in [3.05, 3.63) is 102 Å². The van der Waals surface area contributed by atoms with E-state index in [0.29, 0.717) is 0 Å². The van der Waals surface area contributed by atoms with Gasteiger partial charge in [-0.15, -0.1) is 0 Å². The van der Waals surface area contributed by atoms with E-state index in [1.807, 2.05) is 36.4 Å². The molecule has 0 spiro atoms. The van der Waals surface area contributed by atoms with Crippen LogP contribution in [0.3, 0.4) is 0 Å². The zero-order chi connectivity index (χ0) is 17.9. The predicted octanol–water partition coefficient (Wildman–Crippen LogP) is 7.18. The maximum Gasteiger partial charge on any atom is 0.364 e. The largest absolute Gasteiger partial charge is 0.364 e. The minimum Gasteiger partial charge on any atom is -0.206 e. The van der Waals surface area contributed by atoms with Crippen molar-refractivity contribution in [3.63, 3.8) is 0 Å². The van der Waals surface area contributed by atoms with Crippen LogP contribution in [0.4, 0.5) is 0 Å². The third-order valence-corrected chi connectivity index (χ3v) is 4.69. The van der Waals surface area contributed by atoms with Gasteiger partial charge in [-0.05, 0) is 43.7 Å². The Kier molecular flexibility index (Phi) is 4.37. The van der Waals surface area contributed by atoms with Gasteiger partial charge in [0.15, 0.2) is 0 Å². The van der Waals surface area contributed by atoms with Crippen LogP contribution in [-0.2, 0) is 0 Å². The number of hydrogen-bond acceptors (Lipinski definition) is 0. The lowest BCUT2D eigenvalue weighted by Gasteiger charge is -2.07. The smallest absolute Gasteiger partial charge is 0.206 e. The molecule has 0 aliphatic carbocycles. The van der Waals surface area contributed by atoms with E-state index in [-0.39, 0.29) is 0 Å². The molecule has 3 aromatic carbocycles. The molecule has 0 fully saturated rings. The van der Waals surface area contributed by atoms with Gasteiger partial charge in [0.2, 0.25) is 0 Å². The van der Waals surface area contributed by atoms with Crippen LogP contribution in [-0.4, -0.2) is 0 Å². The standard InChI is InChI=1S/C25H21O/c1-18-13-15-20(16-14-18)23-17-24(21-9-5-3-6-10-21)26-25(19(23)2)22-11-7-4-8-12-22/h3-17H,1-2H3/q+1. The molecule has 0 unspecified atom stereocenters. The predicted molar refractivity (Wildman–Crippen MR) is 109 cm³/mol. The molecular weight excluding hydrogens is 316 g/mol. The zero-order valence-electron chi connectivity index (χ0n) is 15.1. The van der Waals surface area contributed by atoms with Crippen molar-refractivity contribution >= 4 is 0 Å². The van der Waals surface area contributed by atoms with Gasteiger partial charge in [0.05, 0.1) is 22.8 Å². The Morgan fingerprint density at radius 3 is 1.77 bits per heavy atom. The van der Waals surface area contributed by atoms with E-state index < -0.39 is 0 Å². The van der Waals surface area contributed by atoms with Crippen LogP contribution in [0.2, 0.25) is 0 Å². The highest BCUT2D eigenvalue weighted by Crippen LogP contribution is 2.36. The molecule has 1 heteroatoms. The molecule has 0 radical (unpaired) electrons. The Morgan fingerprint density at radius 1 is 0.577 bits per heavy atom. The van der Waals surface area contributed by atoms with E-state index in [4.69, 9.17) is 4.42 Å². The van der Waals surface area contributed by atoms with Crippen LogP contribution in [0.15, 0.2) is 95.4 Å². The van der Waals surface area contributed by atoms with Crippen molar-refractivity contribution in [1.29, 1.82) is 0 Å². The van der Waals surface area contributed by atoms with Crippen molar-refractivity contribution in [2.45, 2.75) is 13.8 Å². The first-order valence-electron chi connectivity index (χ1n) is 8.88. The molecule has 126 valence electrons. The average molecular weight is 337 g/mol. The molecule has 4 rings (SSSR count). The molecule has 4 aromatic rings. The molecule has 0 saturated heterocycles. The summed E-state index contributed by atoms with van der Waals surface area (Å²) in [7, 11) is 0. The summed E-state index contributed by atoms with van der Waals surface area (Å²) in [5.74, 6) is 1.80. The monoisotopic (exact) mass is 337 g/mol. The van der Waals surface area contributed by atoms with Gasteiger partial charge in [-0.2, -0.15) is 0 Å². The number of hydrogen-bond donors (Lipinski definition) is 0. The summed E-state index contributed by atoms with van der Waals surface area (Å²) in [5.41, 5.74) is 7.00. The van der Waals surface area contributed by atoms with Gasteiger partial charge in [-0.25, -0.2) is 4.42 Å². The summed E-state index contributed by atoms with van der Waals surface area (Å²) in [4.78, 5) is 0. The van der Waals surface area contributed by atoms with Gasteiger partial charge >= 0.3 is 11.5 Å². The van der Waals surface area contributed by atoms with Gasteiger partial charge in [-0.1, -0.05) is 66.2 Å². The molecule has 0 aliphatic rings. The minimum atomic E-state index is 0.880. The average Bonchev–Trinajstić information content (AvgIpc) is 2.70. The summed E-state index contributed by atoms with van der Waals surface area (Å²) in [6.07, 6.45) is 0. The number of rotatable bonds is 3. The molecule has 1 aromatic heterocycles. The first-order valence-corrected chi connectivity index (χ1v) is 8.88. The van der Waals surface area contributed by atoms with E-state index in [2.05, 4.69) is 68.4 Å². The van der Waals surface area contributed by atoms with E-state index in [0.717, 1.165) is 28.2 Å². The van der Waals surface area contributed by atoms with E-state index in [9.17, 15) is 0 Å². The fourth-order valence-electron chi connectivity index (χ4n) is 3.22. The second-order valence-corrected chi connectivity index (χ2v) is 6.58. The molecule has 0 aliphatic heterocycles. The Morgan fingerprint density at radius 2 is 1.15 bits per heavy atom. The Bertz CT molecular complexity index is 1020. The Hall–Kier alpha value is -3.19. The first kappa shape index (κ1) is 16.3. The van der Waals surface area contributed by atoms with Gasteiger partial charge in [0.1, 0.15) is 0 Å². The molecule has 26 heavy (non-hydrogen) atoms.